The van der Waals surface area contributed by atoms with Gasteiger partial charge in [0.05, 0.1) is 13.2 Å². The first-order valence-corrected chi connectivity index (χ1v) is 5.64. The Balaban J connectivity index is 2.40. The Morgan fingerprint density at radius 2 is 2.18 bits per heavy atom. The van der Waals surface area contributed by atoms with Crippen molar-refractivity contribution < 1.29 is 14.3 Å². The average molecular weight is 258 g/mol. The van der Waals surface area contributed by atoms with Crippen molar-refractivity contribution in [3.63, 3.8) is 0 Å². The second-order valence-electron chi connectivity index (χ2n) is 3.55. The number of hydrogen-bond donors (Lipinski definition) is 1. The summed E-state index contributed by atoms with van der Waals surface area (Å²) in [5, 5.41) is 3.40. The Hall–Kier alpha value is -1.10. The lowest BCUT2D eigenvalue weighted by Gasteiger charge is -2.08. The van der Waals surface area contributed by atoms with Crippen molar-refractivity contribution in [1.82, 2.24) is 0 Å². The number of methoxy groups -OCH3 is 1. The highest BCUT2D eigenvalue weighted by Gasteiger charge is 2.05. The summed E-state index contributed by atoms with van der Waals surface area (Å²) in [4.78, 5) is 11.5. The molecule has 17 heavy (non-hydrogen) atoms. The molecule has 0 heterocycles. The van der Waals surface area contributed by atoms with E-state index in [-0.39, 0.29) is 12.5 Å². The minimum Gasteiger partial charge on any atom is -0.382 e. The van der Waals surface area contributed by atoms with Gasteiger partial charge in [-0.05, 0) is 30.7 Å². The summed E-state index contributed by atoms with van der Waals surface area (Å²) in [5.74, 6) is -0.188. The van der Waals surface area contributed by atoms with Crippen molar-refractivity contribution in [3.05, 3.63) is 28.8 Å². The van der Waals surface area contributed by atoms with Gasteiger partial charge in [-0.2, -0.15) is 0 Å². The lowest BCUT2D eigenvalue weighted by atomic mass is 10.2. The Morgan fingerprint density at radius 3 is 2.82 bits per heavy atom. The second kappa shape index (κ2) is 7.27. The number of hydrogen-bond acceptors (Lipinski definition) is 3. The molecule has 1 rings (SSSR count). The fourth-order valence-electron chi connectivity index (χ4n) is 1.26. The topological polar surface area (TPSA) is 47.6 Å². The van der Waals surface area contributed by atoms with E-state index in [0.717, 1.165) is 11.3 Å². The molecule has 1 amide bonds. The van der Waals surface area contributed by atoms with E-state index in [9.17, 15) is 4.79 Å². The largest absolute Gasteiger partial charge is 0.382 e. The van der Waals surface area contributed by atoms with Crippen LogP contribution in [0.5, 0.6) is 0 Å². The van der Waals surface area contributed by atoms with Gasteiger partial charge in [0, 0.05) is 17.8 Å². The van der Waals surface area contributed by atoms with E-state index < -0.39 is 0 Å². The predicted octanol–water partition coefficient (Wildman–Crippen LogP) is 2.25. The van der Waals surface area contributed by atoms with Crippen LogP contribution in [0.1, 0.15) is 5.56 Å². The van der Waals surface area contributed by atoms with Crippen LogP contribution in [0, 0.1) is 6.92 Å². The first-order valence-electron chi connectivity index (χ1n) is 5.26. The molecule has 0 atom stereocenters. The van der Waals surface area contributed by atoms with Crippen LogP contribution in [0.15, 0.2) is 18.2 Å². The fraction of sp³-hybridized carbons (Fsp3) is 0.417. The third-order valence-electron chi connectivity index (χ3n) is 2.13. The average Bonchev–Trinajstić information content (AvgIpc) is 2.28. The van der Waals surface area contributed by atoms with Gasteiger partial charge in [0.25, 0.3) is 0 Å². The predicted molar refractivity (Wildman–Crippen MR) is 67.5 cm³/mol. The van der Waals surface area contributed by atoms with Gasteiger partial charge in [-0.25, -0.2) is 0 Å². The van der Waals surface area contributed by atoms with E-state index in [1.807, 2.05) is 6.92 Å². The number of ether oxygens (including phenoxy) is 2. The van der Waals surface area contributed by atoms with Crippen LogP contribution in [0.25, 0.3) is 0 Å². The van der Waals surface area contributed by atoms with Gasteiger partial charge >= 0.3 is 0 Å². The van der Waals surface area contributed by atoms with Crippen LogP contribution in [0.3, 0.4) is 0 Å². The summed E-state index contributed by atoms with van der Waals surface area (Å²) in [6.45, 7) is 2.79. The number of halogens is 1. The molecule has 4 nitrogen and oxygen atoms in total. The number of carbonyl (C=O) groups excluding carboxylic acids is 1. The molecule has 0 saturated carbocycles. The molecule has 0 saturated heterocycles. The molecule has 0 bridgehead atoms. The van der Waals surface area contributed by atoms with Crippen LogP contribution in [0.4, 0.5) is 5.69 Å². The molecule has 0 aromatic heterocycles. The third-order valence-corrected chi connectivity index (χ3v) is 2.36. The summed E-state index contributed by atoms with van der Waals surface area (Å²) in [6, 6.07) is 5.30. The molecular formula is C12H16ClNO3. The van der Waals surface area contributed by atoms with Crippen LogP contribution in [0.2, 0.25) is 5.02 Å². The molecule has 1 N–H and O–H groups in total. The van der Waals surface area contributed by atoms with Gasteiger partial charge in [-0.15, -0.1) is 0 Å². The lowest BCUT2D eigenvalue weighted by Crippen LogP contribution is -2.20. The van der Waals surface area contributed by atoms with E-state index in [1.165, 1.54) is 0 Å². The Labute approximate surface area is 106 Å². The minimum absolute atomic E-state index is 0.0193. The van der Waals surface area contributed by atoms with Crippen LogP contribution in [-0.2, 0) is 14.3 Å². The van der Waals surface area contributed by atoms with Crippen molar-refractivity contribution in [1.29, 1.82) is 0 Å². The van der Waals surface area contributed by atoms with Gasteiger partial charge in [-0.1, -0.05) is 11.6 Å². The molecule has 0 aliphatic heterocycles. The zero-order valence-electron chi connectivity index (χ0n) is 9.96. The highest BCUT2D eigenvalue weighted by atomic mass is 35.5. The van der Waals surface area contributed by atoms with Crippen molar-refractivity contribution in [2.45, 2.75) is 6.92 Å². The molecule has 0 radical (unpaired) electrons. The van der Waals surface area contributed by atoms with Crippen molar-refractivity contribution >= 4 is 23.2 Å². The van der Waals surface area contributed by atoms with Crippen molar-refractivity contribution in [3.8, 4) is 0 Å². The fourth-order valence-corrected chi connectivity index (χ4v) is 1.49. The van der Waals surface area contributed by atoms with Crippen LogP contribution in [-0.4, -0.2) is 32.8 Å². The highest BCUT2D eigenvalue weighted by Crippen LogP contribution is 2.19. The standard InChI is InChI=1S/C12H16ClNO3/c1-9-7-10(13)3-4-11(9)14-12(15)8-17-6-5-16-2/h3-4,7H,5-6,8H2,1-2H3,(H,14,15). The van der Waals surface area contributed by atoms with Gasteiger partial charge in [-0.3, -0.25) is 4.79 Å². The summed E-state index contributed by atoms with van der Waals surface area (Å²) >= 11 is 5.82. The molecule has 1 aromatic rings. The van der Waals surface area contributed by atoms with Gasteiger partial charge in [0.2, 0.25) is 5.91 Å². The zero-order valence-corrected chi connectivity index (χ0v) is 10.7. The van der Waals surface area contributed by atoms with Crippen LogP contribution < -0.4 is 5.32 Å². The van der Waals surface area contributed by atoms with E-state index in [0.29, 0.717) is 18.2 Å². The number of anilines is 1. The number of nitrogens with one attached hydrogen (secondary N) is 1. The molecular weight excluding hydrogens is 242 g/mol. The summed E-state index contributed by atoms with van der Waals surface area (Å²) in [7, 11) is 1.58. The molecule has 5 heteroatoms. The third kappa shape index (κ3) is 5.17. The van der Waals surface area contributed by atoms with E-state index in [4.69, 9.17) is 21.1 Å². The Kier molecular flexibility index (Phi) is 5.97. The number of carbonyl (C=O) groups is 1. The molecule has 0 unspecified atom stereocenters. The number of rotatable bonds is 6. The molecule has 0 spiro atoms. The molecule has 94 valence electrons. The summed E-state index contributed by atoms with van der Waals surface area (Å²) in [5.41, 5.74) is 1.66. The maximum Gasteiger partial charge on any atom is 0.250 e. The molecule has 0 aliphatic rings. The maximum absolute atomic E-state index is 11.5. The monoisotopic (exact) mass is 257 g/mol. The quantitative estimate of drug-likeness (QED) is 0.795. The molecule has 0 aliphatic carbocycles. The van der Waals surface area contributed by atoms with Gasteiger partial charge < -0.3 is 14.8 Å². The van der Waals surface area contributed by atoms with Gasteiger partial charge in [0.1, 0.15) is 6.61 Å². The second-order valence-corrected chi connectivity index (χ2v) is 3.99. The maximum atomic E-state index is 11.5. The SMILES string of the molecule is COCCOCC(=O)Nc1ccc(Cl)cc1C. The number of benzene rings is 1. The Bertz CT molecular complexity index is 382. The van der Waals surface area contributed by atoms with E-state index in [2.05, 4.69) is 5.32 Å². The zero-order chi connectivity index (χ0) is 12.7. The Morgan fingerprint density at radius 1 is 1.41 bits per heavy atom. The van der Waals surface area contributed by atoms with Crippen LogP contribution >= 0.6 is 11.6 Å². The highest BCUT2D eigenvalue weighted by molar-refractivity contribution is 6.30. The summed E-state index contributed by atoms with van der Waals surface area (Å²) in [6.07, 6.45) is 0. The molecule has 1 aromatic carbocycles. The first-order chi connectivity index (χ1) is 8.13. The first kappa shape index (κ1) is 14.0. The van der Waals surface area contributed by atoms with E-state index >= 15 is 0 Å². The lowest BCUT2D eigenvalue weighted by molar-refractivity contribution is -0.121. The number of aryl methyl sites for hydroxylation is 1. The van der Waals surface area contributed by atoms with E-state index in [1.54, 1.807) is 25.3 Å². The van der Waals surface area contributed by atoms with Crippen molar-refractivity contribution in [2.75, 3.05) is 32.2 Å². The minimum atomic E-state index is -0.188. The number of amides is 1. The molecule has 0 fully saturated rings. The van der Waals surface area contributed by atoms with Crippen molar-refractivity contribution in [2.24, 2.45) is 0 Å². The smallest absolute Gasteiger partial charge is 0.250 e. The normalized spacial score (nSPS) is 10.3. The van der Waals surface area contributed by atoms with Gasteiger partial charge in [0.15, 0.2) is 0 Å². The summed E-state index contributed by atoms with van der Waals surface area (Å²) < 4.78 is 9.91.